The molecular formula is C16H10ClNO4. The first kappa shape index (κ1) is 14.2. The maximum Gasteiger partial charge on any atom is 0.335 e. The van der Waals surface area contributed by atoms with Crippen LogP contribution in [0.2, 0.25) is 5.02 Å². The maximum absolute atomic E-state index is 12.2. The van der Waals surface area contributed by atoms with Gasteiger partial charge in [0.05, 0.1) is 5.56 Å². The predicted octanol–water partition coefficient (Wildman–Crippen LogP) is 4.04. The number of anilines is 1. The second-order valence-electron chi connectivity index (χ2n) is 4.63. The molecule has 0 saturated carbocycles. The van der Waals surface area contributed by atoms with Crippen LogP contribution in [0.1, 0.15) is 20.9 Å². The van der Waals surface area contributed by atoms with Gasteiger partial charge in [-0.15, -0.1) is 0 Å². The summed E-state index contributed by atoms with van der Waals surface area (Å²) in [5.74, 6) is -1.40. The minimum atomic E-state index is -1.06. The zero-order valence-electron chi connectivity index (χ0n) is 11.2. The highest BCUT2D eigenvalue weighted by atomic mass is 35.5. The summed E-state index contributed by atoms with van der Waals surface area (Å²) in [6.07, 6.45) is 0. The number of carboxylic acid groups (broad SMARTS) is 1. The molecule has 0 bridgehead atoms. The van der Waals surface area contributed by atoms with E-state index in [4.69, 9.17) is 21.1 Å². The Balaban J connectivity index is 1.86. The molecule has 3 rings (SSSR count). The Morgan fingerprint density at radius 3 is 2.68 bits per heavy atom. The third-order valence-electron chi connectivity index (χ3n) is 3.07. The number of hydrogen-bond acceptors (Lipinski definition) is 3. The summed E-state index contributed by atoms with van der Waals surface area (Å²) in [6.45, 7) is 0. The lowest BCUT2D eigenvalue weighted by Crippen LogP contribution is -2.11. The van der Waals surface area contributed by atoms with Crippen molar-refractivity contribution in [2.24, 2.45) is 0 Å². The molecule has 110 valence electrons. The Labute approximate surface area is 130 Å². The lowest BCUT2D eigenvalue weighted by atomic mass is 10.2. The average molecular weight is 316 g/mol. The van der Waals surface area contributed by atoms with E-state index in [1.807, 2.05) is 0 Å². The van der Waals surface area contributed by atoms with Gasteiger partial charge in [-0.25, -0.2) is 4.79 Å². The fourth-order valence-corrected chi connectivity index (χ4v) is 2.23. The minimum Gasteiger partial charge on any atom is -0.478 e. The van der Waals surface area contributed by atoms with Crippen molar-refractivity contribution < 1.29 is 19.1 Å². The number of hydrogen-bond donors (Lipinski definition) is 2. The van der Waals surface area contributed by atoms with Crippen LogP contribution in [0, 0.1) is 0 Å². The number of carbonyl (C=O) groups is 2. The quantitative estimate of drug-likeness (QED) is 0.764. The Kier molecular flexibility index (Phi) is 3.56. The largest absolute Gasteiger partial charge is 0.478 e. The average Bonchev–Trinajstić information content (AvgIpc) is 2.90. The first-order valence-corrected chi connectivity index (χ1v) is 6.74. The van der Waals surface area contributed by atoms with Crippen LogP contribution >= 0.6 is 11.6 Å². The Morgan fingerprint density at radius 1 is 1.09 bits per heavy atom. The van der Waals surface area contributed by atoms with Crippen LogP contribution < -0.4 is 5.32 Å². The van der Waals surface area contributed by atoms with Crippen LogP contribution in [0.3, 0.4) is 0 Å². The number of benzene rings is 2. The molecule has 0 spiro atoms. The van der Waals surface area contributed by atoms with E-state index in [1.54, 1.807) is 36.4 Å². The van der Waals surface area contributed by atoms with Gasteiger partial charge in [-0.1, -0.05) is 17.7 Å². The van der Waals surface area contributed by atoms with Crippen LogP contribution in [-0.2, 0) is 0 Å². The van der Waals surface area contributed by atoms with Gasteiger partial charge in [0.25, 0.3) is 5.91 Å². The van der Waals surface area contributed by atoms with Gasteiger partial charge in [-0.05, 0) is 42.5 Å². The van der Waals surface area contributed by atoms with E-state index >= 15 is 0 Å². The van der Waals surface area contributed by atoms with Crippen LogP contribution in [0.5, 0.6) is 0 Å². The molecule has 0 aliphatic rings. The number of aromatic carboxylic acids is 1. The Hall–Kier alpha value is -2.79. The Bertz CT molecular complexity index is 885. The van der Waals surface area contributed by atoms with Gasteiger partial charge in [-0.2, -0.15) is 0 Å². The van der Waals surface area contributed by atoms with Gasteiger partial charge in [-0.3, -0.25) is 4.79 Å². The summed E-state index contributed by atoms with van der Waals surface area (Å²) in [7, 11) is 0. The number of nitrogens with one attached hydrogen (secondary N) is 1. The SMILES string of the molecule is O=C(O)c1cccc(NC(=O)c2cc3cc(Cl)ccc3o2)c1. The molecule has 3 aromatic rings. The van der Waals surface area contributed by atoms with Crippen molar-refractivity contribution in [2.75, 3.05) is 5.32 Å². The molecule has 0 unspecified atom stereocenters. The van der Waals surface area contributed by atoms with E-state index in [2.05, 4.69) is 5.32 Å². The molecule has 0 aliphatic heterocycles. The molecule has 1 heterocycles. The lowest BCUT2D eigenvalue weighted by Gasteiger charge is -2.03. The summed E-state index contributed by atoms with van der Waals surface area (Å²) in [6, 6.07) is 12.6. The number of fused-ring (bicyclic) bond motifs is 1. The zero-order chi connectivity index (χ0) is 15.7. The van der Waals surface area contributed by atoms with Crippen LogP contribution in [-0.4, -0.2) is 17.0 Å². The molecule has 22 heavy (non-hydrogen) atoms. The molecule has 0 radical (unpaired) electrons. The highest BCUT2D eigenvalue weighted by Gasteiger charge is 2.13. The van der Waals surface area contributed by atoms with Gasteiger partial charge in [0.15, 0.2) is 5.76 Å². The van der Waals surface area contributed by atoms with Gasteiger partial charge < -0.3 is 14.8 Å². The topological polar surface area (TPSA) is 79.5 Å². The van der Waals surface area contributed by atoms with Crippen molar-refractivity contribution in [1.29, 1.82) is 0 Å². The zero-order valence-corrected chi connectivity index (χ0v) is 11.9. The van der Waals surface area contributed by atoms with Crippen molar-refractivity contribution in [3.05, 3.63) is 64.9 Å². The minimum absolute atomic E-state index is 0.0918. The molecule has 5 nitrogen and oxygen atoms in total. The molecule has 1 amide bonds. The van der Waals surface area contributed by atoms with Crippen molar-refractivity contribution >= 4 is 40.1 Å². The molecule has 0 atom stereocenters. The normalized spacial score (nSPS) is 10.6. The first-order chi connectivity index (χ1) is 10.5. The fraction of sp³-hybridized carbons (Fsp3) is 0. The molecule has 0 aliphatic carbocycles. The number of furan rings is 1. The summed E-state index contributed by atoms with van der Waals surface area (Å²) < 4.78 is 5.45. The first-order valence-electron chi connectivity index (χ1n) is 6.37. The molecule has 6 heteroatoms. The monoisotopic (exact) mass is 315 g/mol. The molecule has 2 aromatic carbocycles. The van der Waals surface area contributed by atoms with E-state index in [1.165, 1.54) is 12.1 Å². The standard InChI is InChI=1S/C16H10ClNO4/c17-11-4-5-13-10(6-11)8-14(22-13)15(19)18-12-3-1-2-9(7-12)16(20)21/h1-8H,(H,18,19)(H,20,21). The van der Waals surface area contributed by atoms with Gasteiger partial charge >= 0.3 is 5.97 Å². The molecule has 2 N–H and O–H groups in total. The number of amides is 1. The van der Waals surface area contributed by atoms with Crippen LogP contribution in [0.25, 0.3) is 11.0 Å². The van der Waals surface area contributed by atoms with E-state index in [-0.39, 0.29) is 11.3 Å². The van der Waals surface area contributed by atoms with Crippen molar-refractivity contribution in [2.45, 2.75) is 0 Å². The van der Waals surface area contributed by atoms with Crippen molar-refractivity contribution in [1.82, 2.24) is 0 Å². The van der Waals surface area contributed by atoms with Crippen LogP contribution in [0.15, 0.2) is 52.9 Å². The fourth-order valence-electron chi connectivity index (χ4n) is 2.05. The van der Waals surface area contributed by atoms with E-state index in [0.29, 0.717) is 16.3 Å². The van der Waals surface area contributed by atoms with E-state index in [0.717, 1.165) is 5.39 Å². The van der Waals surface area contributed by atoms with Gasteiger partial charge in [0.2, 0.25) is 0 Å². The van der Waals surface area contributed by atoms with Crippen molar-refractivity contribution in [3.8, 4) is 0 Å². The molecular weight excluding hydrogens is 306 g/mol. The molecule has 0 fully saturated rings. The number of rotatable bonds is 3. The van der Waals surface area contributed by atoms with Gasteiger partial charge in [0, 0.05) is 16.1 Å². The van der Waals surface area contributed by atoms with Crippen molar-refractivity contribution in [3.63, 3.8) is 0 Å². The van der Waals surface area contributed by atoms with E-state index in [9.17, 15) is 9.59 Å². The Morgan fingerprint density at radius 2 is 1.91 bits per heavy atom. The summed E-state index contributed by atoms with van der Waals surface area (Å²) in [5, 5.41) is 12.8. The number of halogens is 1. The predicted molar refractivity (Wildman–Crippen MR) is 82.6 cm³/mol. The second-order valence-corrected chi connectivity index (χ2v) is 5.07. The smallest absolute Gasteiger partial charge is 0.335 e. The third-order valence-corrected chi connectivity index (χ3v) is 3.30. The summed E-state index contributed by atoms with van der Waals surface area (Å²) >= 11 is 5.89. The van der Waals surface area contributed by atoms with E-state index < -0.39 is 11.9 Å². The second kappa shape index (κ2) is 5.54. The highest BCUT2D eigenvalue weighted by molar-refractivity contribution is 6.31. The molecule has 0 saturated heterocycles. The van der Waals surface area contributed by atoms with Crippen LogP contribution in [0.4, 0.5) is 5.69 Å². The lowest BCUT2D eigenvalue weighted by molar-refractivity contribution is 0.0696. The number of carbonyl (C=O) groups excluding carboxylic acids is 1. The number of carboxylic acids is 1. The third kappa shape index (κ3) is 2.80. The maximum atomic E-state index is 12.2. The molecule has 1 aromatic heterocycles. The van der Waals surface area contributed by atoms with Gasteiger partial charge in [0.1, 0.15) is 5.58 Å². The summed E-state index contributed by atoms with van der Waals surface area (Å²) in [4.78, 5) is 23.1. The summed E-state index contributed by atoms with van der Waals surface area (Å²) in [5.41, 5.74) is 1.02. The highest BCUT2D eigenvalue weighted by Crippen LogP contribution is 2.23.